The van der Waals surface area contributed by atoms with E-state index in [0.717, 1.165) is 25.7 Å². The molecule has 0 rings (SSSR count). The molecule has 0 fully saturated rings. The minimum absolute atomic E-state index is 0. The van der Waals surface area contributed by atoms with E-state index < -0.39 is 24.0 Å². The van der Waals surface area contributed by atoms with E-state index in [2.05, 4.69) is 12.2 Å². The molecule has 9 heteroatoms. The van der Waals surface area contributed by atoms with Crippen LogP contribution in [-0.4, -0.2) is 70.9 Å². The van der Waals surface area contributed by atoms with Gasteiger partial charge in [0.25, 0.3) is 0 Å². The number of carbonyl (C=O) groups is 3. The summed E-state index contributed by atoms with van der Waals surface area (Å²) < 4.78 is -0.385. The zero-order valence-electron chi connectivity index (χ0n) is 16.5. The molecule has 0 aliphatic heterocycles. The number of nitrogens with one attached hydrogen (secondary N) is 1. The van der Waals surface area contributed by atoms with Gasteiger partial charge in [-0.25, -0.2) is 4.79 Å². The number of unbranched alkanes of at least 4 members (excludes halogenated alkanes) is 3. The zero-order valence-corrected chi connectivity index (χ0v) is 18.5. The fourth-order valence-corrected chi connectivity index (χ4v) is 3.04. The first-order valence-electron chi connectivity index (χ1n) is 8.90. The van der Waals surface area contributed by atoms with Gasteiger partial charge in [-0.2, -0.15) is 0 Å². The standard InChI is InChI=1S/C17H32N2O6.Na/c1-4-5-6-7-8-15(21)18-9-10-19(11-12-20,13(2)16(22)23)14(3)17(24)25;/h13-14,20H,4-12H2,1-3H3,(H2-,18,21,22,23,24,25);/q;+1. The predicted molar refractivity (Wildman–Crippen MR) is 90.4 cm³/mol. The number of carbonyl (C=O) groups excluding carboxylic acids is 2. The van der Waals surface area contributed by atoms with Crippen LogP contribution in [0.25, 0.3) is 0 Å². The van der Waals surface area contributed by atoms with Crippen molar-refractivity contribution < 1.29 is 63.7 Å². The Bertz CT molecular complexity index is 427. The van der Waals surface area contributed by atoms with E-state index in [1.54, 1.807) is 0 Å². The topological polar surface area (TPSA) is 127 Å². The molecule has 3 unspecified atom stereocenters. The van der Waals surface area contributed by atoms with Crippen molar-refractivity contribution in [2.45, 2.75) is 65.0 Å². The van der Waals surface area contributed by atoms with Crippen LogP contribution in [0.1, 0.15) is 52.9 Å². The van der Waals surface area contributed by atoms with Crippen LogP contribution in [0.3, 0.4) is 0 Å². The van der Waals surface area contributed by atoms with Gasteiger partial charge in [-0.15, -0.1) is 0 Å². The summed E-state index contributed by atoms with van der Waals surface area (Å²) in [6.45, 7) is 4.68. The number of aliphatic carboxylic acids is 2. The summed E-state index contributed by atoms with van der Waals surface area (Å²) in [4.78, 5) is 34.7. The molecule has 0 bridgehead atoms. The van der Waals surface area contributed by atoms with Gasteiger partial charge in [-0.1, -0.05) is 26.2 Å². The monoisotopic (exact) mass is 383 g/mol. The van der Waals surface area contributed by atoms with Crippen molar-refractivity contribution in [2.24, 2.45) is 0 Å². The molecule has 8 nitrogen and oxygen atoms in total. The number of aliphatic hydroxyl groups excluding tert-OH is 1. The Morgan fingerprint density at radius 3 is 2.15 bits per heavy atom. The fourth-order valence-electron chi connectivity index (χ4n) is 3.04. The molecule has 0 heterocycles. The molecule has 0 aromatic carbocycles. The number of amides is 1. The normalized spacial score (nSPS) is 15.2. The van der Waals surface area contributed by atoms with Crippen LogP contribution in [0.5, 0.6) is 0 Å². The molecule has 26 heavy (non-hydrogen) atoms. The van der Waals surface area contributed by atoms with Gasteiger partial charge < -0.3 is 29.9 Å². The minimum Gasteiger partial charge on any atom is -0.544 e. The second-order valence-corrected chi connectivity index (χ2v) is 6.44. The van der Waals surface area contributed by atoms with Crippen LogP contribution in [0.4, 0.5) is 0 Å². The van der Waals surface area contributed by atoms with Crippen molar-refractivity contribution in [1.29, 1.82) is 0 Å². The maximum atomic E-state index is 11.8. The summed E-state index contributed by atoms with van der Waals surface area (Å²) in [5.41, 5.74) is 0. The molecule has 0 aromatic rings. The van der Waals surface area contributed by atoms with Crippen molar-refractivity contribution in [3.05, 3.63) is 0 Å². The van der Waals surface area contributed by atoms with E-state index in [1.165, 1.54) is 13.8 Å². The Labute approximate surface area is 177 Å². The van der Waals surface area contributed by atoms with Gasteiger partial charge in [-0.05, 0) is 20.3 Å². The second kappa shape index (κ2) is 14.4. The van der Waals surface area contributed by atoms with E-state index in [4.69, 9.17) is 0 Å². The Morgan fingerprint density at radius 1 is 1.08 bits per heavy atom. The van der Waals surface area contributed by atoms with Gasteiger partial charge in [0.2, 0.25) is 5.91 Å². The number of quaternary nitrogens is 1. The predicted octanol–water partition coefficient (Wildman–Crippen LogP) is -3.50. The first-order chi connectivity index (χ1) is 11.7. The number of aliphatic hydroxyl groups is 1. The maximum Gasteiger partial charge on any atom is 1.00 e. The number of rotatable bonds is 14. The second-order valence-electron chi connectivity index (χ2n) is 6.44. The van der Waals surface area contributed by atoms with Crippen molar-refractivity contribution in [3.63, 3.8) is 0 Å². The Hall–Kier alpha value is -0.670. The summed E-state index contributed by atoms with van der Waals surface area (Å²) in [5, 5.41) is 32.8. The van der Waals surface area contributed by atoms with Gasteiger partial charge in [0, 0.05) is 6.42 Å². The van der Waals surface area contributed by atoms with Gasteiger partial charge in [0.15, 0.2) is 6.04 Å². The van der Waals surface area contributed by atoms with Crippen molar-refractivity contribution in [1.82, 2.24) is 5.32 Å². The molecule has 3 N–H and O–H groups in total. The smallest absolute Gasteiger partial charge is 0.544 e. The van der Waals surface area contributed by atoms with Crippen molar-refractivity contribution in [3.8, 4) is 0 Å². The molecule has 0 aromatic heterocycles. The van der Waals surface area contributed by atoms with Crippen LogP contribution < -0.4 is 40.0 Å². The Balaban J connectivity index is 0. The molecule has 0 spiro atoms. The molecule has 0 saturated carbocycles. The van der Waals surface area contributed by atoms with Gasteiger partial charge in [0.1, 0.15) is 12.6 Å². The molecule has 0 aliphatic carbocycles. The van der Waals surface area contributed by atoms with Crippen LogP contribution in [0, 0.1) is 0 Å². The molecule has 0 aliphatic rings. The van der Waals surface area contributed by atoms with E-state index in [0.29, 0.717) is 6.42 Å². The fraction of sp³-hybridized carbons (Fsp3) is 0.824. The van der Waals surface area contributed by atoms with E-state index >= 15 is 0 Å². The molecular formula is C17H32N2NaO6+. The van der Waals surface area contributed by atoms with Crippen molar-refractivity contribution >= 4 is 17.8 Å². The zero-order chi connectivity index (χ0) is 19.5. The van der Waals surface area contributed by atoms with Crippen molar-refractivity contribution in [2.75, 3.05) is 26.2 Å². The van der Waals surface area contributed by atoms with Crippen LogP contribution >= 0.6 is 0 Å². The summed E-state index contributed by atoms with van der Waals surface area (Å²) in [6, 6.07) is -2.18. The third-order valence-electron chi connectivity index (χ3n) is 4.87. The third kappa shape index (κ3) is 8.81. The molecule has 1 amide bonds. The first kappa shape index (κ1) is 27.5. The number of hydrogen-bond donors (Lipinski definition) is 3. The number of carboxylic acid groups (broad SMARTS) is 2. The maximum absolute atomic E-state index is 11.8. The van der Waals surface area contributed by atoms with Crippen LogP contribution in [-0.2, 0) is 14.4 Å². The molecule has 0 saturated heterocycles. The molecule has 0 radical (unpaired) electrons. The number of nitrogens with zero attached hydrogens (tertiary/aromatic N) is 1. The van der Waals surface area contributed by atoms with Gasteiger partial charge in [-0.3, -0.25) is 4.79 Å². The summed E-state index contributed by atoms with van der Waals surface area (Å²) >= 11 is 0. The van der Waals surface area contributed by atoms with E-state index in [9.17, 15) is 29.7 Å². The Kier molecular flexibility index (Phi) is 15.3. The van der Waals surface area contributed by atoms with Crippen LogP contribution in [0.15, 0.2) is 0 Å². The first-order valence-corrected chi connectivity index (χ1v) is 8.90. The average molecular weight is 383 g/mol. The van der Waals surface area contributed by atoms with E-state index in [1.807, 2.05) is 0 Å². The number of carboxylic acids is 2. The summed E-state index contributed by atoms with van der Waals surface area (Å²) in [5.74, 6) is -2.68. The van der Waals surface area contributed by atoms with Gasteiger partial charge in [0.05, 0.1) is 25.7 Å². The summed E-state index contributed by atoms with van der Waals surface area (Å²) in [6.07, 6.45) is 4.31. The largest absolute Gasteiger partial charge is 1.00 e. The average Bonchev–Trinajstić information content (AvgIpc) is 2.56. The molecular weight excluding hydrogens is 351 g/mol. The Morgan fingerprint density at radius 2 is 1.69 bits per heavy atom. The van der Waals surface area contributed by atoms with Gasteiger partial charge >= 0.3 is 35.5 Å². The minimum atomic E-state index is -1.38. The molecule has 146 valence electrons. The SMILES string of the molecule is CCCCCCC(=O)NCC[N+](CCO)(C(C)C(=O)[O-])C(C)C(=O)O.[Na+]. The quantitative estimate of drug-likeness (QED) is 0.162. The summed E-state index contributed by atoms with van der Waals surface area (Å²) in [7, 11) is 0. The van der Waals surface area contributed by atoms with Crippen LogP contribution in [0.2, 0.25) is 0 Å². The van der Waals surface area contributed by atoms with E-state index in [-0.39, 0.29) is 66.2 Å². The number of hydrogen-bond acceptors (Lipinski definition) is 5. The molecule has 3 atom stereocenters. The third-order valence-corrected chi connectivity index (χ3v) is 4.87.